The van der Waals surface area contributed by atoms with Gasteiger partial charge in [0.1, 0.15) is 6.04 Å². The second-order valence-corrected chi connectivity index (χ2v) is 7.13. The Morgan fingerprint density at radius 2 is 1.77 bits per heavy atom. The summed E-state index contributed by atoms with van der Waals surface area (Å²) in [7, 11) is 1.54. The lowest BCUT2D eigenvalue weighted by molar-refractivity contribution is -0.139. The number of hydrogen-bond donors (Lipinski definition) is 1. The van der Waals surface area contributed by atoms with Crippen LogP contribution in [0, 0.1) is 0 Å². The summed E-state index contributed by atoms with van der Waals surface area (Å²) in [5, 5.41) is 4.07. The van der Waals surface area contributed by atoms with E-state index in [0.717, 1.165) is 5.56 Å². The molecule has 0 aliphatic heterocycles. The van der Waals surface area contributed by atoms with Crippen LogP contribution in [0.25, 0.3) is 0 Å². The van der Waals surface area contributed by atoms with E-state index in [0.29, 0.717) is 20.6 Å². The van der Waals surface area contributed by atoms with Gasteiger partial charge in [-0.3, -0.25) is 9.59 Å². The zero-order chi connectivity index (χ0) is 19.3. The summed E-state index contributed by atoms with van der Waals surface area (Å²) in [6, 6.07) is 11.5. The number of benzene rings is 2. The van der Waals surface area contributed by atoms with Crippen molar-refractivity contribution < 1.29 is 9.59 Å². The Kier molecular flexibility index (Phi) is 7.33. The van der Waals surface area contributed by atoms with E-state index < -0.39 is 6.04 Å². The molecule has 0 heterocycles. The first-order chi connectivity index (χ1) is 12.3. The van der Waals surface area contributed by atoms with E-state index in [1.165, 1.54) is 11.9 Å². The normalized spacial score (nSPS) is 11.7. The second kappa shape index (κ2) is 9.26. The number of amides is 2. The molecule has 0 radical (unpaired) electrons. The topological polar surface area (TPSA) is 49.4 Å². The van der Waals surface area contributed by atoms with Gasteiger partial charge < -0.3 is 10.2 Å². The van der Waals surface area contributed by atoms with Crippen LogP contribution in [0.1, 0.15) is 18.1 Å². The molecule has 0 spiro atoms. The number of carbonyl (C=O) groups is 2. The van der Waals surface area contributed by atoms with Crippen molar-refractivity contribution in [2.24, 2.45) is 0 Å². The van der Waals surface area contributed by atoms with Gasteiger partial charge in [-0.1, -0.05) is 53.0 Å². The van der Waals surface area contributed by atoms with Gasteiger partial charge in [-0.2, -0.15) is 0 Å². The quantitative estimate of drug-likeness (QED) is 0.765. The molecule has 2 aromatic rings. The van der Waals surface area contributed by atoms with Crippen LogP contribution in [0.3, 0.4) is 0 Å². The Morgan fingerprint density at radius 1 is 1.08 bits per heavy atom. The molecule has 2 aromatic carbocycles. The minimum Gasteiger partial charge on any atom is -0.357 e. The Labute approximate surface area is 168 Å². The monoisotopic (exact) mass is 412 g/mol. The van der Waals surface area contributed by atoms with Crippen molar-refractivity contribution in [3.63, 3.8) is 0 Å². The number of hydrogen-bond acceptors (Lipinski definition) is 2. The highest BCUT2D eigenvalue weighted by atomic mass is 35.5. The van der Waals surface area contributed by atoms with E-state index in [1.54, 1.807) is 43.3 Å². The Hall–Kier alpha value is -1.75. The summed E-state index contributed by atoms with van der Waals surface area (Å²) in [4.78, 5) is 26.5. The van der Waals surface area contributed by atoms with Crippen LogP contribution in [-0.4, -0.2) is 29.8 Å². The molecule has 0 bridgehead atoms. The molecule has 0 fully saturated rings. The minimum atomic E-state index is -0.641. The van der Waals surface area contributed by atoms with E-state index >= 15 is 0 Å². The zero-order valence-corrected chi connectivity index (χ0v) is 16.7. The molecule has 2 amide bonds. The third-order valence-corrected chi connectivity index (χ3v) is 4.83. The Balaban J connectivity index is 2.26. The minimum absolute atomic E-state index is 0.0674. The molecule has 0 aromatic heterocycles. The van der Waals surface area contributed by atoms with Gasteiger partial charge in [0, 0.05) is 28.7 Å². The molecule has 26 heavy (non-hydrogen) atoms. The highest BCUT2D eigenvalue weighted by Crippen LogP contribution is 2.23. The molecule has 0 saturated heterocycles. The maximum absolute atomic E-state index is 12.9. The van der Waals surface area contributed by atoms with E-state index in [9.17, 15) is 9.59 Å². The van der Waals surface area contributed by atoms with Gasteiger partial charge in [0.2, 0.25) is 11.8 Å². The average Bonchev–Trinajstić information content (AvgIpc) is 2.60. The van der Waals surface area contributed by atoms with Gasteiger partial charge in [-0.25, -0.2) is 0 Å². The molecule has 0 aliphatic carbocycles. The van der Waals surface area contributed by atoms with Crippen LogP contribution >= 0.6 is 34.8 Å². The van der Waals surface area contributed by atoms with E-state index in [4.69, 9.17) is 34.8 Å². The van der Waals surface area contributed by atoms with Crippen LogP contribution in [0.5, 0.6) is 0 Å². The van der Waals surface area contributed by atoms with Crippen LogP contribution in [-0.2, 0) is 22.6 Å². The summed E-state index contributed by atoms with van der Waals surface area (Å²) in [6.45, 7) is 1.95. The fraction of sp³-hybridized carbons (Fsp3) is 0.263. The Morgan fingerprint density at radius 3 is 2.38 bits per heavy atom. The van der Waals surface area contributed by atoms with Gasteiger partial charge in [0.25, 0.3) is 0 Å². The molecule has 7 heteroatoms. The molecule has 138 valence electrons. The molecule has 1 N–H and O–H groups in total. The predicted molar refractivity (Wildman–Crippen MR) is 106 cm³/mol. The molecule has 0 aliphatic rings. The van der Waals surface area contributed by atoms with Crippen molar-refractivity contribution in [2.75, 3.05) is 7.05 Å². The lowest BCUT2D eigenvalue weighted by atomic mass is 10.1. The highest BCUT2D eigenvalue weighted by Gasteiger charge is 2.26. The van der Waals surface area contributed by atoms with Gasteiger partial charge in [-0.15, -0.1) is 0 Å². The number of halogens is 3. The number of likely N-dealkylation sites (N-methyl/N-ethyl adjacent to an activating group) is 1. The molecule has 0 unspecified atom stereocenters. The molecule has 2 rings (SSSR count). The first-order valence-electron chi connectivity index (χ1n) is 8.01. The molecule has 1 atom stereocenters. The lowest BCUT2D eigenvalue weighted by Gasteiger charge is -2.28. The van der Waals surface area contributed by atoms with Crippen molar-refractivity contribution in [3.05, 3.63) is 68.7 Å². The first kappa shape index (κ1) is 20.6. The Bertz CT molecular complexity index is 811. The molecular formula is C19H19Cl3N2O2. The lowest BCUT2D eigenvalue weighted by Crippen LogP contribution is -2.47. The predicted octanol–water partition coefficient (Wildman–Crippen LogP) is 4.35. The van der Waals surface area contributed by atoms with E-state index in [2.05, 4.69) is 5.32 Å². The fourth-order valence-electron chi connectivity index (χ4n) is 2.55. The summed E-state index contributed by atoms with van der Waals surface area (Å²) < 4.78 is 0. The van der Waals surface area contributed by atoms with Gasteiger partial charge in [0.05, 0.1) is 6.42 Å². The molecule has 0 saturated carbocycles. The largest absolute Gasteiger partial charge is 0.357 e. The summed E-state index contributed by atoms with van der Waals surface area (Å²) >= 11 is 18.1. The second-order valence-electron chi connectivity index (χ2n) is 5.85. The van der Waals surface area contributed by atoms with Crippen molar-refractivity contribution in [1.82, 2.24) is 10.2 Å². The average molecular weight is 414 g/mol. The summed E-state index contributed by atoms with van der Waals surface area (Å²) in [5.41, 5.74) is 1.49. The van der Waals surface area contributed by atoms with Gasteiger partial charge in [0.15, 0.2) is 0 Å². The van der Waals surface area contributed by atoms with Crippen LogP contribution in [0.2, 0.25) is 15.1 Å². The van der Waals surface area contributed by atoms with Gasteiger partial charge in [-0.05, 0) is 42.3 Å². The number of nitrogens with zero attached hydrogens (tertiary/aromatic N) is 1. The molecule has 4 nitrogen and oxygen atoms in total. The van der Waals surface area contributed by atoms with Crippen LogP contribution < -0.4 is 5.32 Å². The summed E-state index contributed by atoms with van der Waals surface area (Å²) in [6.07, 6.45) is 0.0674. The van der Waals surface area contributed by atoms with Crippen LogP contribution in [0.4, 0.5) is 0 Å². The van der Waals surface area contributed by atoms with Crippen molar-refractivity contribution >= 4 is 46.6 Å². The van der Waals surface area contributed by atoms with Gasteiger partial charge >= 0.3 is 0 Å². The maximum Gasteiger partial charge on any atom is 0.242 e. The van der Waals surface area contributed by atoms with Crippen molar-refractivity contribution in [3.8, 4) is 0 Å². The SMILES string of the molecule is CNC(=O)[C@H](C)N(Cc1cccc(Cl)c1)C(=O)Cc1ccc(Cl)cc1Cl. The highest BCUT2D eigenvalue weighted by molar-refractivity contribution is 6.35. The molecular weight excluding hydrogens is 395 g/mol. The number of rotatable bonds is 6. The first-order valence-corrected chi connectivity index (χ1v) is 9.14. The van der Waals surface area contributed by atoms with Crippen molar-refractivity contribution in [2.45, 2.75) is 25.9 Å². The number of nitrogens with one attached hydrogen (secondary N) is 1. The number of carbonyl (C=O) groups excluding carboxylic acids is 2. The maximum atomic E-state index is 12.9. The zero-order valence-electron chi connectivity index (χ0n) is 14.4. The van der Waals surface area contributed by atoms with E-state index in [1.807, 2.05) is 6.07 Å². The third kappa shape index (κ3) is 5.37. The standard InChI is InChI=1S/C19H19Cl3N2O2/c1-12(19(26)23-2)24(11-13-4-3-5-15(20)8-13)18(25)9-14-6-7-16(21)10-17(14)22/h3-8,10,12H,9,11H2,1-2H3,(H,23,26)/t12-/m0/s1. The third-order valence-electron chi connectivity index (χ3n) is 4.01. The fourth-order valence-corrected chi connectivity index (χ4v) is 3.24. The smallest absolute Gasteiger partial charge is 0.242 e. The van der Waals surface area contributed by atoms with E-state index in [-0.39, 0.29) is 24.8 Å². The van der Waals surface area contributed by atoms with Crippen molar-refractivity contribution in [1.29, 1.82) is 0 Å². The van der Waals surface area contributed by atoms with Crippen LogP contribution in [0.15, 0.2) is 42.5 Å². The summed E-state index contributed by atoms with van der Waals surface area (Å²) in [5.74, 6) is -0.465.